The summed E-state index contributed by atoms with van der Waals surface area (Å²) in [5.41, 5.74) is 4.83. The van der Waals surface area contributed by atoms with Crippen molar-refractivity contribution in [3.05, 3.63) is 76.9 Å². The maximum Gasteiger partial charge on any atom is 0.354 e. The van der Waals surface area contributed by atoms with Gasteiger partial charge in [-0.1, -0.05) is 29.4 Å². The number of nitrogens with zero attached hydrogens (tertiary/aromatic N) is 3. The van der Waals surface area contributed by atoms with Crippen molar-refractivity contribution in [2.45, 2.75) is 39.8 Å². The van der Waals surface area contributed by atoms with Crippen molar-refractivity contribution in [2.24, 2.45) is 5.16 Å². The molecule has 2 aliphatic heterocycles. The van der Waals surface area contributed by atoms with Crippen molar-refractivity contribution >= 4 is 39.3 Å². The number of hydrogen-bond acceptors (Lipinski definition) is 7. The lowest BCUT2D eigenvalue weighted by atomic mass is 9.97. The molecule has 2 aliphatic rings. The molecule has 206 valence electrons. The molecule has 0 bridgehead atoms. The highest BCUT2D eigenvalue weighted by Gasteiger charge is 2.38. The Balaban J connectivity index is 1.38. The Hall–Kier alpha value is -4.01. The Morgan fingerprint density at radius 3 is 2.52 bits per heavy atom. The van der Waals surface area contributed by atoms with Crippen molar-refractivity contribution in [1.29, 1.82) is 0 Å². The molecule has 3 aromatic carbocycles. The summed E-state index contributed by atoms with van der Waals surface area (Å²) in [5, 5.41) is 6.13. The first-order valence-corrected chi connectivity index (χ1v) is 13.7. The Morgan fingerprint density at radius 2 is 1.77 bits per heavy atom. The van der Waals surface area contributed by atoms with Gasteiger partial charge in [0.15, 0.2) is 5.78 Å². The summed E-state index contributed by atoms with van der Waals surface area (Å²) in [6.45, 7) is 11.2. The molecule has 8 nitrogen and oxygen atoms in total. The number of morpholine rings is 1. The van der Waals surface area contributed by atoms with Crippen molar-refractivity contribution in [3.8, 4) is 5.75 Å². The summed E-state index contributed by atoms with van der Waals surface area (Å²) in [7, 11) is 0. The van der Waals surface area contributed by atoms with Crippen LogP contribution in [0.15, 0.2) is 59.8 Å². The molecule has 0 N–H and O–H groups in total. The third-order valence-corrected chi connectivity index (χ3v) is 8.16. The molecule has 0 radical (unpaired) electrons. The summed E-state index contributed by atoms with van der Waals surface area (Å²) in [5.74, 6) is 0.263. The first-order chi connectivity index (χ1) is 19.3. The van der Waals surface area contributed by atoms with E-state index in [-0.39, 0.29) is 12.4 Å². The predicted octanol–water partition coefficient (Wildman–Crippen LogP) is 5.10. The van der Waals surface area contributed by atoms with Gasteiger partial charge in [-0.25, -0.2) is 4.79 Å². The Morgan fingerprint density at radius 1 is 1.02 bits per heavy atom. The number of aromatic nitrogens is 1. The third kappa shape index (κ3) is 4.28. The second-order valence-corrected chi connectivity index (χ2v) is 10.8. The van der Waals surface area contributed by atoms with Gasteiger partial charge in [0.2, 0.25) is 0 Å². The zero-order chi connectivity index (χ0) is 28.0. The van der Waals surface area contributed by atoms with Crippen molar-refractivity contribution in [2.75, 3.05) is 32.9 Å². The molecule has 1 aromatic heterocycles. The van der Waals surface area contributed by atoms with Gasteiger partial charge >= 0.3 is 5.97 Å². The minimum atomic E-state index is -0.825. The van der Waals surface area contributed by atoms with Crippen LogP contribution in [0.1, 0.15) is 47.8 Å². The van der Waals surface area contributed by atoms with Crippen LogP contribution in [0.25, 0.3) is 21.8 Å². The molecular formula is C32H33N3O5. The highest BCUT2D eigenvalue weighted by Crippen LogP contribution is 2.41. The number of benzene rings is 3. The SMILES string of the molecule is CCn1c2ccc(C(=O)c3ccccc3C)cc2c2c3c(ccc21)C(=NOC(=O)C(C)(C)N1CCOCC1)CO3. The van der Waals surface area contributed by atoms with Crippen LogP contribution >= 0.6 is 0 Å². The fraction of sp³-hybridized carbons (Fsp3) is 0.344. The topological polar surface area (TPSA) is 82.4 Å². The number of oxime groups is 1. The summed E-state index contributed by atoms with van der Waals surface area (Å²) in [6, 6.07) is 17.5. The van der Waals surface area contributed by atoms with Gasteiger partial charge in [-0.2, -0.15) is 0 Å². The fourth-order valence-electron chi connectivity index (χ4n) is 5.75. The van der Waals surface area contributed by atoms with Gasteiger partial charge in [0, 0.05) is 47.2 Å². The number of carbonyl (C=O) groups excluding carboxylic acids is 2. The second-order valence-electron chi connectivity index (χ2n) is 10.8. The van der Waals surface area contributed by atoms with Crippen LogP contribution in [0, 0.1) is 6.92 Å². The van der Waals surface area contributed by atoms with E-state index in [4.69, 9.17) is 14.3 Å². The molecule has 1 saturated heterocycles. The van der Waals surface area contributed by atoms with Crippen LogP contribution in [-0.2, 0) is 20.9 Å². The molecular weight excluding hydrogens is 506 g/mol. The van der Waals surface area contributed by atoms with Gasteiger partial charge in [0.25, 0.3) is 0 Å². The lowest BCUT2D eigenvalue weighted by Gasteiger charge is -2.37. The van der Waals surface area contributed by atoms with Crippen LogP contribution < -0.4 is 4.74 Å². The van der Waals surface area contributed by atoms with E-state index in [1.807, 2.05) is 75.4 Å². The van der Waals surface area contributed by atoms with Gasteiger partial charge in [-0.15, -0.1) is 0 Å². The number of carbonyl (C=O) groups is 2. The van der Waals surface area contributed by atoms with Gasteiger partial charge < -0.3 is 18.9 Å². The third-order valence-electron chi connectivity index (χ3n) is 8.16. The molecule has 8 heteroatoms. The van der Waals surface area contributed by atoms with Gasteiger partial charge in [0.1, 0.15) is 23.6 Å². The predicted molar refractivity (Wildman–Crippen MR) is 154 cm³/mol. The number of ether oxygens (including phenoxy) is 2. The van der Waals surface area contributed by atoms with Crippen LogP contribution in [-0.4, -0.2) is 65.4 Å². The van der Waals surface area contributed by atoms with Crippen molar-refractivity contribution < 1.29 is 23.9 Å². The molecule has 0 amide bonds. The van der Waals surface area contributed by atoms with E-state index < -0.39 is 11.5 Å². The minimum Gasteiger partial charge on any atom is -0.486 e. The van der Waals surface area contributed by atoms with E-state index in [1.54, 1.807) is 0 Å². The van der Waals surface area contributed by atoms with Crippen LogP contribution in [0.4, 0.5) is 0 Å². The summed E-state index contributed by atoms with van der Waals surface area (Å²) in [6.07, 6.45) is 0. The van der Waals surface area contributed by atoms with Gasteiger partial charge in [-0.3, -0.25) is 9.69 Å². The van der Waals surface area contributed by atoms with E-state index in [9.17, 15) is 9.59 Å². The van der Waals surface area contributed by atoms with Crippen molar-refractivity contribution in [1.82, 2.24) is 9.47 Å². The Kier molecular flexibility index (Phi) is 6.68. The second kappa shape index (κ2) is 10.2. The maximum absolute atomic E-state index is 13.4. The zero-order valence-corrected chi connectivity index (χ0v) is 23.3. The van der Waals surface area contributed by atoms with Crippen LogP contribution in [0.5, 0.6) is 5.75 Å². The zero-order valence-electron chi connectivity index (χ0n) is 23.3. The molecule has 6 rings (SSSR count). The molecule has 4 aromatic rings. The van der Waals surface area contributed by atoms with Gasteiger partial charge in [-0.05, 0) is 63.6 Å². The highest BCUT2D eigenvalue weighted by atomic mass is 16.7. The first-order valence-electron chi connectivity index (χ1n) is 13.7. The normalized spacial score (nSPS) is 16.9. The van der Waals surface area contributed by atoms with Crippen molar-refractivity contribution in [3.63, 3.8) is 0 Å². The summed E-state index contributed by atoms with van der Waals surface area (Å²) in [4.78, 5) is 34.0. The number of aryl methyl sites for hydroxylation is 2. The quantitative estimate of drug-likeness (QED) is 0.193. The number of ketones is 1. The van der Waals surface area contributed by atoms with Crippen LogP contribution in [0.3, 0.4) is 0 Å². The smallest absolute Gasteiger partial charge is 0.354 e. The monoisotopic (exact) mass is 539 g/mol. The average molecular weight is 540 g/mol. The lowest BCUT2D eigenvalue weighted by molar-refractivity contribution is -0.159. The largest absolute Gasteiger partial charge is 0.486 e. The fourth-order valence-corrected chi connectivity index (χ4v) is 5.75. The van der Waals surface area contributed by atoms with Gasteiger partial charge in [0.05, 0.1) is 24.1 Å². The van der Waals surface area contributed by atoms with E-state index >= 15 is 0 Å². The molecule has 0 atom stereocenters. The minimum absolute atomic E-state index is 0.0112. The molecule has 0 saturated carbocycles. The molecule has 3 heterocycles. The summed E-state index contributed by atoms with van der Waals surface area (Å²) < 4.78 is 13.8. The average Bonchev–Trinajstić information content (AvgIpc) is 3.54. The standard InChI is InChI=1S/C32H33N3O5/c1-5-35-26-12-10-21(29(36)22-9-7-6-8-20(22)2)18-24(26)28-27(35)13-11-23-25(19-39-30(23)28)33-40-31(37)32(3,4)34-14-16-38-17-15-34/h6-13,18H,5,14-17,19H2,1-4H3. The molecule has 1 fully saturated rings. The first kappa shape index (κ1) is 26.2. The molecule has 40 heavy (non-hydrogen) atoms. The summed E-state index contributed by atoms with van der Waals surface area (Å²) >= 11 is 0. The molecule has 0 aliphatic carbocycles. The number of rotatable bonds is 6. The van der Waals surface area contributed by atoms with E-state index in [1.165, 1.54) is 0 Å². The number of hydrogen-bond donors (Lipinski definition) is 0. The molecule has 0 spiro atoms. The highest BCUT2D eigenvalue weighted by molar-refractivity contribution is 6.20. The lowest BCUT2D eigenvalue weighted by Crippen LogP contribution is -2.54. The molecule has 0 unspecified atom stereocenters. The van der Waals surface area contributed by atoms with Crippen LogP contribution in [0.2, 0.25) is 0 Å². The van der Waals surface area contributed by atoms with E-state index in [0.29, 0.717) is 48.9 Å². The maximum atomic E-state index is 13.4. The Bertz CT molecular complexity index is 1680. The Labute approximate surface area is 233 Å². The van der Waals surface area contributed by atoms with E-state index in [0.717, 1.165) is 39.5 Å². The van der Waals surface area contributed by atoms with E-state index in [2.05, 4.69) is 21.5 Å². The number of fused-ring (bicyclic) bond motifs is 5.